The Hall–Kier alpha value is -2.18. The Kier molecular flexibility index (Phi) is 5.52. The molecular weight excluding hydrogens is 336 g/mol. The smallest absolute Gasteiger partial charge is 0.270 e. The van der Waals surface area contributed by atoms with E-state index in [4.69, 9.17) is 28.6 Å². The van der Waals surface area contributed by atoms with Gasteiger partial charge in [0.2, 0.25) is 0 Å². The van der Waals surface area contributed by atoms with Crippen LogP contribution in [-0.2, 0) is 14.3 Å². The lowest BCUT2D eigenvalue weighted by molar-refractivity contribution is -0.122. The number of allylic oxidation sites excluding steroid dienone is 2. The lowest BCUT2D eigenvalue weighted by Gasteiger charge is -2.28. The zero-order chi connectivity index (χ0) is 17.0. The third-order valence-electron chi connectivity index (χ3n) is 2.99. The average molecular weight is 351 g/mol. The summed E-state index contributed by atoms with van der Waals surface area (Å²) in [6.45, 7) is 4.08. The van der Waals surface area contributed by atoms with Crippen molar-refractivity contribution in [3.8, 4) is 0 Å². The first-order valence-electron chi connectivity index (χ1n) is 6.89. The van der Waals surface area contributed by atoms with E-state index in [0.717, 1.165) is 0 Å². The van der Waals surface area contributed by atoms with Crippen LogP contribution in [0.4, 0.5) is 5.69 Å². The van der Waals surface area contributed by atoms with E-state index >= 15 is 0 Å². The Morgan fingerprint density at radius 2 is 2.00 bits per heavy atom. The van der Waals surface area contributed by atoms with Crippen molar-refractivity contribution in [3.63, 3.8) is 0 Å². The maximum Gasteiger partial charge on any atom is 0.270 e. The third-order valence-corrected chi connectivity index (χ3v) is 3.53. The molecule has 1 fully saturated rings. The van der Waals surface area contributed by atoms with Gasteiger partial charge < -0.3 is 4.74 Å². The Morgan fingerprint density at radius 1 is 1.35 bits per heavy atom. The lowest BCUT2D eigenvalue weighted by atomic mass is 10.1. The highest BCUT2D eigenvalue weighted by atomic mass is 35.5. The van der Waals surface area contributed by atoms with Crippen LogP contribution in [0.25, 0.3) is 0 Å². The van der Waals surface area contributed by atoms with Gasteiger partial charge >= 0.3 is 0 Å². The fourth-order valence-electron chi connectivity index (χ4n) is 1.96. The molecule has 2 amide bonds. The Bertz CT molecular complexity index is 711. The molecule has 120 valence electrons. The average Bonchev–Trinajstić information content (AvgIpc) is 2.51. The Labute approximate surface area is 144 Å². The first-order valence-corrected chi connectivity index (χ1v) is 7.68. The highest BCUT2D eigenvalue weighted by Crippen LogP contribution is 2.23. The number of ether oxygens (including phenoxy) is 1. The van der Waals surface area contributed by atoms with Crippen molar-refractivity contribution < 1.29 is 14.3 Å². The molecule has 1 aliphatic rings. The number of anilines is 1. The van der Waals surface area contributed by atoms with E-state index in [0.29, 0.717) is 22.9 Å². The number of nitrogens with one attached hydrogen (secondary N) is 1. The molecule has 0 atom stereocenters. The molecule has 1 heterocycles. The molecule has 1 saturated heterocycles. The van der Waals surface area contributed by atoms with E-state index in [2.05, 4.69) is 5.32 Å². The minimum Gasteiger partial charge on any atom is -0.501 e. The number of amides is 2. The van der Waals surface area contributed by atoms with Crippen molar-refractivity contribution in [1.82, 2.24) is 5.32 Å². The minimum absolute atomic E-state index is 0.0120. The molecule has 0 radical (unpaired) electrons. The van der Waals surface area contributed by atoms with Crippen LogP contribution < -0.4 is 10.2 Å². The van der Waals surface area contributed by atoms with Crippen molar-refractivity contribution in [2.75, 3.05) is 11.5 Å². The standard InChI is InChI=1S/C16H15ClN2O3S/c1-3-22-9-10(2)8-13-14(20)18-16(23)19(15(13)21)12-6-4-11(17)5-7-12/h4-9H,3H2,1-2H3,(H,18,20,23). The van der Waals surface area contributed by atoms with E-state index in [1.165, 1.54) is 17.2 Å². The number of nitrogens with zero attached hydrogens (tertiary/aromatic N) is 1. The van der Waals surface area contributed by atoms with Gasteiger partial charge in [0.15, 0.2) is 5.11 Å². The first kappa shape index (κ1) is 17.2. The number of carbonyl (C=O) groups excluding carboxylic acids is 2. The van der Waals surface area contributed by atoms with E-state index < -0.39 is 11.8 Å². The Balaban J connectivity index is 2.37. The quantitative estimate of drug-likeness (QED) is 0.392. The van der Waals surface area contributed by atoms with Crippen molar-refractivity contribution >= 4 is 46.4 Å². The van der Waals surface area contributed by atoms with Crippen molar-refractivity contribution in [2.45, 2.75) is 13.8 Å². The number of hydrogen-bond acceptors (Lipinski definition) is 4. The van der Waals surface area contributed by atoms with Gasteiger partial charge in [-0.15, -0.1) is 0 Å². The molecule has 0 aliphatic carbocycles. The number of rotatable bonds is 4. The lowest BCUT2D eigenvalue weighted by Crippen LogP contribution is -2.54. The third kappa shape index (κ3) is 3.97. The van der Waals surface area contributed by atoms with Crippen molar-refractivity contribution in [3.05, 3.63) is 52.8 Å². The van der Waals surface area contributed by atoms with Crippen molar-refractivity contribution in [1.29, 1.82) is 0 Å². The fraction of sp³-hybridized carbons (Fsp3) is 0.188. The number of benzene rings is 1. The zero-order valence-corrected chi connectivity index (χ0v) is 14.2. The van der Waals surface area contributed by atoms with Gasteiger partial charge in [0.1, 0.15) is 5.57 Å². The predicted octanol–water partition coefficient (Wildman–Crippen LogP) is 2.95. The number of carbonyl (C=O) groups is 2. The second-order valence-corrected chi connectivity index (χ2v) is 5.57. The Morgan fingerprint density at radius 3 is 2.61 bits per heavy atom. The zero-order valence-electron chi connectivity index (χ0n) is 12.6. The van der Waals surface area contributed by atoms with Gasteiger partial charge in [-0.1, -0.05) is 11.6 Å². The molecule has 0 saturated carbocycles. The van der Waals surface area contributed by atoms with Gasteiger partial charge in [-0.2, -0.15) is 0 Å². The van der Waals surface area contributed by atoms with E-state index in [1.807, 2.05) is 6.92 Å². The van der Waals surface area contributed by atoms with Gasteiger partial charge in [-0.05, 0) is 62.0 Å². The molecule has 1 aromatic carbocycles. The van der Waals surface area contributed by atoms with Crippen LogP contribution in [0.15, 0.2) is 47.7 Å². The summed E-state index contributed by atoms with van der Waals surface area (Å²) in [6.07, 6.45) is 2.96. The van der Waals surface area contributed by atoms with Gasteiger partial charge in [-0.3, -0.25) is 19.8 Å². The van der Waals surface area contributed by atoms with Crippen LogP contribution in [-0.4, -0.2) is 23.5 Å². The van der Waals surface area contributed by atoms with Crippen LogP contribution in [0.2, 0.25) is 5.02 Å². The summed E-state index contributed by atoms with van der Waals surface area (Å²) < 4.78 is 5.15. The first-order chi connectivity index (χ1) is 10.9. The molecule has 23 heavy (non-hydrogen) atoms. The SMILES string of the molecule is CCOC=C(C)C=C1C(=O)NC(=S)N(c2ccc(Cl)cc2)C1=O. The topological polar surface area (TPSA) is 58.6 Å². The summed E-state index contributed by atoms with van der Waals surface area (Å²) in [5, 5.41) is 3.09. The molecule has 0 unspecified atom stereocenters. The van der Waals surface area contributed by atoms with Gasteiger partial charge in [0.25, 0.3) is 11.8 Å². The van der Waals surface area contributed by atoms with E-state index in [9.17, 15) is 9.59 Å². The normalized spacial score (nSPS) is 17.5. The van der Waals surface area contributed by atoms with E-state index in [1.54, 1.807) is 31.2 Å². The van der Waals surface area contributed by atoms with Gasteiger partial charge in [0.05, 0.1) is 18.6 Å². The monoisotopic (exact) mass is 350 g/mol. The molecule has 2 rings (SSSR count). The van der Waals surface area contributed by atoms with E-state index in [-0.39, 0.29) is 10.7 Å². The maximum absolute atomic E-state index is 12.6. The van der Waals surface area contributed by atoms with Crippen LogP contribution in [0.5, 0.6) is 0 Å². The summed E-state index contributed by atoms with van der Waals surface area (Å²) in [4.78, 5) is 26.0. The highest BCUT2D eigenvalue weighted by Gasteiger charge is 2.34. The molecule has 0 spiro atoms. The second kappa shape index (κ2) is 7.39. The van der Waals surface area contributed by atoms with Crippen LogP contribution >= 0.6 is 23.8 Å². The molecule has 7 heteroatoms. The second-order valence-electron chi connectivity index (χ2n) is 4.75. The van der Waals surface area contributed by atoms with Crippen LogP contribution in [0, 0.1) is 0 Å². The van der Waals surface area contributed by atoms with Gasteiger partial charge in [-0.25, -0.2) is 0 Å². The molecule has 0 bridgehead atoms. The fourth-order valence-corrected chi connectivity index (χ4v) is 2.37. The summed E-state index contributed by atoms with van der Waals surface area (Å²) in [5.41, 5.74) is 1.16. The number of thiocarbonyl (C=S) groups is 1. The van der Waals surface area contributed by atoms with Crippen LogP contribution in [0.1, 0.15) is 13.8 Å². The summed E-state index contributed by atoms with van der Waals surface area (Å²) in [6, 6.07) is 6.61. The largest absolute Gasteiger partial charge is 0.501 e. The van der Waals surface area contributed by atoms with Crippen molar-refractivity contribution in [2.24, 2.45) is 0 Å². The minimum atomic E-state index is -0.533. The molecule has 1 aromatic rings. The summed E-state index contributed by atoms with van der Waals surface area (Å²) in [5.74, 6) is -1.03. The highest BCUT2D eigenvalue weighted by molar-refractivity contribution is 7.80. The van der Waals surface area contributed by atoms with Gasteiger partial charge in [0, 0.05) is 5.02 Å². The number of halogens is 1. The summed E-state index contributed by atoms with van der Waals surface area (Å²) >= 11 is 11.0. The molecule has 5 nitrogen and oxygen atoms in total. The summed E-state index contributed by atoms with van der Waals surface area (Å²) in [7, 11) is 0. The predicted molar refractivity (Wildman–Crippen MR) is 93.1 cm³/mol. The number of hydrogen-bond donors (Lipinski definition) is 1. The molecule has 0 aromatic heterocycles. The van der Waals surface area contributed by atoms with Crippen LogP contribution in [0.3, 0.4) is 0 Å². The maximum atomic E-state index is 12.6. The molecular formula is C16H15ClN2O3S. The molecule has 1 N–H and O–H groups in total. The molecule has 1 aliphatic heterocycles.